The number of halogens is 2. The predicted octanol–water partition coefficient (Wildman–Crippen LogP) is 3.89. The molecule has 0 saturated carbocycles. The molecule has 2 aromatic rings. The van der Waals surface area contributed by atoms with Gasteiger partial charge >= 0.3 is 0 Å². The second kappa shape index (κ2) is 6.07. The molecular formula is C14H11ClFNO2S. The van der Waals surface area contributed by atoms with Crippen LogP contribution in [0.15, 0.2) is 53.9 Å². The zero-order valence-corrected chi connectivity index (χ0v) is 11.8. The van der Waals surface area contributed by atoms with Gasteiger partial charge < -0.3 is 0 Å². The van der Waals surface area contributed by atoms with Crippen LogP contribution in [0.3, 0.4) is 0 Å². The lowest BCUT2D eigenvalue weighted by Crippen LogP contribution is -2.09. The summed E-state index contributed by atoms with van der Waals surface area (Å²) in [5.41, 5.74) is 0.883. The van der Waals surface area contributed by atoms with Crippen molar-refractivity contribution in [1.82, 2.24) is 0 Å². The van der Waals surface area contributed by atoms with Crippen molar-refractivity contribution in [3.8, 4) is 0 Å². The third kappa shape index (κ3) is 4.08. The molecule has 2 rings (SSSR count). The third-order valence-corrected chi connectivity index (χ3v) is 3.73. The van der Waals surface area contributed by atoms with E-state index in [1.165, 1.54) is 12.1 Å². The van der Waals surface area contributed by atoms with E-state index in [9.17, 15) is 12.8 Å². The Hall–Kier alpha value is -1.85. The van der Waals surface area contributed by atoms with Crippen molar-refractivity contribution in [2.75, 3.05) is 4.72 Å². The standard InChI is InChI=1S/C14H11ClFNO2S/c15-13-10-12(16)6-7-14(13)17-20(18,19)9-8-11-4-2-1-3-5-11/h1-10,17H. The fraction of sp³-hybridized carbons (Fsp3) is 0. The van der Waals surface area contributed by atoms with E-state index in [4.69, 9.17) is 11.6 Å². The molecule has 0 atom stereocenters. The lowest BCUT2D eigenvalue weighted by atomic mass is 10.2. The van der Waals surface area contributed by atoms with Crippen molar-refractivity contribution < 1.29 is 12.8 Å². The van der Waals surface area contributed by atoms with Gasteiger partial charge in [0.15, 0.2) is 0 Å². The Morgan fingerprint density at radius 2 is 1.80 bits per heavy atom. The van der Waals surface area contributed by atoms with Crippen molar-refractivity contribution >= 4 is 33.4 Å². The maximum atomic E-state index is 12.9. The minimum atomic E-state index is -3.71. The van der Waals surface area contributed by atoms with Gasteiger partial charge in [0.25, 0.3) is 10.0 Å². The Morgan fingerprint density at radius 3 is 2.45 bits per heavy atom. The second-order valence-electron chi connectivity index (χ2n) is 3.98. The van der Waals surface area contributed by atoms with Gasteiger partial charge in [-0.05, 0) is 29.8 Å². The Labute approximate surface area is 121 Å². The van der Waals surface area contributed by atoms with Crippen LogP contribution in [0.1, 0.15) is 5.56 Å². The zero-order valence-electron chi connectivity index (χ0n) is 10.3. The average molecular weight is 312 g/mol. The smallest absolute Gasteiger partial charge is 0.255 e. The van der Waals surface area contributed by atoms with Gasteiger partial charge in [-0.3, -0.25) is 4.72 Å². The summed E-state index contributed by atoms with van der Waals surface area (Å²) >= 11 is 5.76. The fourth-order valence-electron chi connectivity index (χ4n) is 1.49. The van der Waals surface area contributed by atoms with Gasteiger partial charge in [0.05, 0.1) is 16.1 Å². The molecule has 0 bridgehead atoms. The topological polar surface area (TPSA) is 46.2 Å². The van der Waals surface area contributed by atoms with Gasteiger partial charge in [0, 0.05) is 0 Å². The van der Waals surface area contributed by atoms with Crippen LogP contribution < -0.4 is 4.72 Å². The molecule has 104 valence electrons. The Morgan fingerprint density at radius 1 is 1.10 bits per heavy atom. The van der Waals surface area contributed by atoms with E-state index >= 15 is 0 Å². The van der Waals surface area contributed by atoms with E-state index in [0.717, 1.165) is 23.1 Å². The van der Waals surface area contributed by atoms with Crippen LogP contribution in [0.25, 0.3) is 6.08 Å². The second-order valence-corrected chi connectivity index (χ2v) is 5.96. The molecular weight excluding hydrogens is 301 g/mol. The summed E-state index contributed by atoms with van der Waals surface area (Å²) in [6, 6.07) is 12.4. The minimum Gasteiger partial charge on any atom is -0.279 e. The highest BCUT2D eigenvalue weighted by molar-refractivity contribution is 7.95. The van der Waals surface area contributed by atoms with Gasteiger partial charge in [-0.15, -0.1) is 0 Å². The first-order chi connectivity index (χ1) is 9.46. The highest BCUT2D eigenvalue weighted by Crippen LogP contribution is 2.23. The van der Waals surface area contributed by atoms with Crippen molar-refractivity contribution in [2.45, 2.75) is 0 Å². The van der Waals surface area contributed by atoms with Crippen LogP contribution >= 0.6 is 11.6 Å². The maximum absolute atomic E-state index is 12.9. The first-order valence-electron chi connectivity index (χ1n) is 5.67. The summed E-state index contributed by atoms with van der Waals surface area (Å²) in [7, 11) is -3.71. The Balaban J connectivity index is 2.17. The van der Waals surface area contributed by atoms with Gasteiger partial charge in [0.1, 0.15) is 5.82 Å². The fourth-order valence-corrected chi connectivity index (χ4v) is 2.65. The predicted molar refractivity (Wildman–Crippen MR) is 79.4 cm³/mol. The monoisotopic (exact) mass is 311 g/mol. The van der Waals surface area contributed by atoms with Crippen molar-refractivity contribution in [1.29, 1.82) is 0 Å². The number of anilines is 1. The largest absolute Gasteiger partial charge is 0.279 e. The lowest BCUT2D eigenvalue weighted by Gasteiger charge is -2.06. The summed E-state index contributed by atoms with van der Waals surface area (Å²) in [5, 5.41) is 1.03. The van der Waals surface area contributed by atoms with Crippen LogP contribution in [0.4, 0.5) is 10.1 Å². The molecule has 0 aliphatic rings. The van der Waals surface area contributed by atoms with Crippen molar-refractivity contribution in [3.63, 3.8) is 0 Å². The molecule has 0 fully saturated rings. The molecule has 0 unspecified atom stereocenters. The summed E-state index contributed by atoms with van der Waals surface area (Å²) in [6.07, 6.45) is 1.46. The molecule has 0 amide bonds. The van der Waals surface area contributed by atoms with E-state index in [1.807, 2.05) is 6.07 Å². The molecule has 0 aliphatic carbocycles. The first kappa shape index (κ1) is 14.6. The minimum absolute atomic E-state index is 0.00156. The summed E-state index contributed by atoms with van der Waals surface area (Å²) in [6.45, 7) is 0. The average Bonchev–Trinajstić information content (AvgIpc) is 2.41. The number of hydrogen-bond donors (Lipinski definition) is 1. The highest BCUT2D eigenvalue weighted by atomic mass is 35.5. The molecule has 0 heterocycles. The molecule has 0 aromatic heterocycles. The number of nitrogens with one attached hydrogen (secondary N) is 1. The lowest BCUT2D eigenvalue weighted by molar-refractivity contribution is 0.609. The molecule has 3 nitrogen and oxygen atoms in total. The normalized spacial score (nSPS) is 11.7. The quantitative estimate of drug-likeness (QED) is 0.931. The van der Waals surface area contributed by atoms with Gasteiger partial charge in [0.2, 0.25) is 0 Å². The molecule has 1 N–H and O–H groups in total. The molecule has 2 aromatic carbocycles. The van der Waals surface area contributed by atoms with E-state index in [2.05, 4.69) is 4.72 Å². The van der Waals surface area contributed by atoms with Crippen LogP contribution in [-0.4, -0.2) is 8.42 Å². The molecule has 6 heteroatoms. The van der Waals surface area contributed by atoms with Gasteiger partial charge in [-0.25, -0.2) is 12.8 Å². The number of rotatable bonds is 4. The zero-order chi connectivity index (χ0) is 14.6. The Bertz CT molecular complexity index is 730. The molecule has 0 radical (unpaired) electrons. The molecule has 0 aliphatic heterocycles. The van der Waals surface area contributed by atoms with Crippen LogP contribution in [0.5, 0.6) is 0 Å². The van der Waals surface area contributed by atoms with E-state index in [1.54, 1.807) is 24.3 Å². The summed E-state index contributed by atoms with van der Waals surface area (Å²) in [4.78, 5) is 0. The van der Waals surface area contributed by atoms with Crippen molar-refractivity contribution in [3.05, 3.63) is 70.3 Å². The van der Waals surface area contributed by atoms with E-state index in [0.29, 0.717) is 0 Å². The van der Waals surface area contributed by atoms with Gasteiger partial charge in [-0.1, -0.05) is 41.9 Å². The molecule has 20 heavy (non-hydrogen) atoms. The number of hydrogen-bond acceptors (Lipinski definition) is 2. The summed E-state index contributed by atoms with van der Waals surface area (Å²) < 4.78 is 38.9. The number of sulfonamides is 1. The summed E-state index contributed by atoms with van der Waals surface area (Å²) in [5.74, 6) is -0.530. The molecule has 0 spiro atoms. The maximum Gasteiger partial charge on any atom is 0.255 e. The molecule has 0 saturated heterocycles. The third-order valence-electron chi connectivity index (χ3n) is 2.42. The Kier molecular flexibility index (Phi) is 4.42. The highest BCUT2D eigenvalue weighted by Gasteiger charge is 2.09. The van der Waals surface area contributed by atoms with E-state index in [-0.39, 0.29) is 10.7 Å². The van der Waals surface area contributed by atoms with Crippen LogP contribution in [0, 0.1) is 5.82 Å². The van der Waals surface area contributed by atoms with E-state index < -0.39 is 15.8 Å². The van der Waals surface area contributed by atoms with Gasteiger partial charge in [-0.2, -0.15) is 0 Å². The number of benzene rings is 2. The first-order valence-corrected chi connectivity index (χ1v) is 7.60. The van der Waals surface area contributed by atoms with Crippen molar-refractivity contribution in [2.24, 2.45) is 0 Å². The SMILES string of the molecule is O=S(=O)(C=Cc1ccccc1)Nc1ccc(F)cc1Cl. The van der Waals surface area contributed by atoms with Crippen LogP contribution in [-0.2, 0) is 10.0 Å². The van der Waals surface area contributed by atoms with Crippen LogP contribution in [0.2, 0.25) is 5.02 Å².